The molecule has 0 radical (unpaired) electrons. The van der Waals surface area contributed by atoms with E-state index in [2.05, 4.69) is 36.2 Å². The third kappa shape index (κ3) is 14.2. The van der Waals surface area contributed by atoms with Crippen molar-refractivity contribution in [3.8, 4) is 12.1 Å². The summed E-state index contributed by atoms with van der Waals surface area (Å²) in [6.07, 6.45) is 1.54. The quantitative estimate of drug-likeness (QED) is 0.598. The van der Waals surface area contributed by atoms with Crippen LogP contribution in [-0.4, -0.2) is 23.8 Å². The fraction of sp³-hybridized carbons (Fsp3) is 0.895. The molecule has 5 heteroatoms. The Balaban J connectivity index is 0. The highest BCUT2D eigenvalue weighted by atomic mass is 16.5. The number of hydrogen-bond donors (Lipinski definition) is 0. The molecule has 0 spiro atoms. The molecule has 0 aromatic carbocycles. The van der Waals surface area contributed by atoms with Crippen LogP contribution in [0.2, 0.25) is 0 Å². The summed E-state index contributed by atoms with van der Waals surface area (Å²) in [6, 6.07) is 4.40. The minimum absolute atomic E-state index is 0.231. The van der Waals surface area contributed by atoms with Gasteiger partial charge in [0.2, 0.25) is 0 Å². The highest BCUT2D eigenvalue weighted by molar-refractivity contribution is 5.06. The summed E-state index contributed by atoms with van der Waals surface area (Å²) in [5.41, 5.74) is -1.45. The van der Waals surface area contributed by atoms with Gasteiger partial charge < -0.3 is 4.74 Å². The lowest BCUT2D eigenvalue weighted by Crippen LogP contribution is -2.34. The maximum atomic E-state index is 9.18. The Hall–Kier alpha value is -1.46. The molecule has 0 aliphatic rings. The number of ether oxygens (including phenoxy) is 1. The van der Waals surface area contributed by atoms with Crippen LogP contribution in [0.5, 0.6) is 0 Å². The maximum Gasteiger partial charge on any atom is 0.167 e. The topological polar surface area (TPSA) is 81.5 Å². The van der Waals surface area contributed by atoms with Crippen molar-refractivity contribution in [2.45, 2.75) is 91.8 Å². The van der Waals surface area contributed by atoms with Crippen molar-refractivity contribution in [1.82, 2.24) is 0 Å². The number of hydrogen-bond acceptors (Lipinski definition) is 5. The number of nitriles is 2. The summed E-state index contributed by atoms with van der Waals surface area (Å²) in [4.78, 5) is 0. The van der Waals surface area contributed by atoms with Crippen LogP contribution in [0.4, 0.5) is 0 Å². The molecule has 0 amide bonds. The second kappa shape index (κ2) is 10.4. The molecular formula is C19H36N4O. The summed E-state index contributed by atoms with van der Waals surface area (Å²) >= 11 is 0. The zero-order valence-corrected chi connectivity index (χ0v) is 17.3. The molecule has 24 heavy (non-hydrogen) atoms. The predicted octanol–water partition coefficient (Wildman–Crippen LogP) is 5.53. The normalized spacial score (nSPS) is 15.9. The molecule has 0 bridgehead atoms. The van der Waals surface area contributed by atoms with Crippen molar-refractivity contribution < 1.29 is 4.74 Å². The fourth-order valence-electron chi connectivity index (χ4n) is 2.02. The van der Waals surface area contributed by atoms with Crippen molar-refractivity contribution in [2.24, 2.45) is 22.1 Å². The van der Waals surface area contributed by atoms with Crippen molar-refractivity contribution in [3.63, 3.8) is 0 Å². The Morgan fingerprint density at radius 1 is 0.958 bits per heavy atom. The van der Waals surface area contributed by atoms with E-state index in [-0.39, 0.29) is 17.1 Å². The lowest BCUT2D eigenvalue weighted by atomic mass is 9.90. The Kier molecular flexibility index (Phi) is 10.8. The van der Waals surface area contributed by atoms with Crippen molar-refractivity contribution in [1.29, 1.82) is 10.5 Å². The molecule has 0 rings (SSSR count). The first kappa shape index (κ1) is 24.8. The third-order valence-corrected chi connectivity index (χ3v) is 3.18. The van der Waals surface area contributed by atoms with Gasteiger partial charge in [-0.05, 0) is 60.8 Å². The number of rotatable bonds is 6. The van der Waals surface area contributed by atoms with Crippen LogP contribution in [0.15, 0.2) is 10.2 Å². The van der Waals surface area contributed by atoms with Gasteiger partial charge in [0.25, 0.3) is 0 Å². The molecule has 5 nitrogen and oxygen atoms in total. The Morgan fingerprint density at radius 3 is 1.71 bits per heavy atom. The minimum Gasteiger partial charge on any atom is -0.379 e. The van der Waals surface area contributed by atoms with Crippen molar-refractivity contribution >= 4 is 0 Å². The third-order valence-electron chi connectivity index (χ3n) is 3.18. The summed E-state index contributed by atoms with van der Waals surface area (Å²) in [7, 11) is 1.64. The van der Waals surface area contributed by atoms with Gasteiger partial charge in [-0.2, -0.15) is 20.8 Å². The molecule has 0 heterocycles. The SMILES string of the molecule is CC(C)CC(C)C#N.COC(C)(C)CC(C)(C#N)/N=N/C(C)(C)C. The molecule has 0 aliphatic heterocycles. The van der Waals surface area contributed by atoms with Gasteiger partial charge >= 0.3 is 0 Å². The van der Waals surface area contributed by atoms with Crippen molar-refractivity contribution in [2.75, 3.05) is 7.11 Å². The molecular weight excluding hydrogens is 300 g/mol. The largest absolute Gasteiger partial charge is 0.379 e. The Labute approximate surface area is 149 Å². The van der Waals surface area contributed by atoms with Crippen LogP contribution in [0.3, 0.4) is 0 Å². The highest BCUT2D eigenvalue weighted by Crippen LogP contribution is 2.27. The molecule has 2 unspecified atom stereocenters. The van der Waals surface area contributed by atoms with E-state index in [9.17, 15) is 5.26 Å². The first-order valence-electron chi connectivity index (χ1n) is 8.50. The zero-order valence-electron chi connectivity index (χ0n) is 17.3. The standard InChI is InChI=1S/C12H23N3O.C7H13N/c1-10(2,3)14-15-12(6,9-13)8-11(4,5)16-7;1-6(2)4-7(3)5-8/h8H2,1-7H3;6-7H,4H2,1-3H3/b15-14+;. The first-order chi connectivity index (χ1) is 10.7. The average molecular weight is 337 g/mol. The lowest BCUT2D eigenvalue weighted by Gasteiger charge is -2.29. The van der Waals surface area contributed by atoms with Gasteiger partial charge in [0, 0.05) is 19.4 Å². The molecule has 0 fully saturated rings. The molecule has 0 saturated carbocycles. The molecule has 2 atom stereocenters. The van der Waals surface area contributed by atoms with Gasteiger partial charge in [-0.15, -0.1) is 0 Å². The summed E-state index contributed by atoms with van der Waals surface area (Å²) in [6.45, 7) is 17.7. The number of methoxy groups -OCH3 is 1. The van der Waals surface area contributed by atoms with E-state index in [0.717, 1.165) is 6.42 Å². The van der Waals surface area contributed by atoms with E-state index >= 15 is 0 Å². The van der Waals surface area contributed by atoms with Gasteiger partial charge in [0.1, 0.15) is 0 Å². The highest BCUT2D eigenvalue weighted by Gasteiger charge is 2.33. The Bertz CT molecular complexity index is 463. The van der Waals surface area contributed by atoms with E-state index < -0.39 is 5.54 Å². The van der Waals surface area contributed by atoms with Gasteiger partial charge in [-0.25, -0.2) is 0 Å². The second-order valence-electron chi connectivity index (χ2n) is 8.56. The summed E-state index contributed by atoms with van der Waals surface area (Å²) < 4.78 is 5.31. The average Bonchev–Trinajstić information content (AvgIpc) is 2.44. The molecule has 0 aliphatic carbocycles. The summed E-state index contributed by atoms with van der Waals surface area (Å²) in [5.74, 6) is 0.889. The van der Waals surface area contributed by atoms with Gasteiger partial charge in [-0.1, -0.05) is 13.8 Å². The lowest BCUT2D eigenvalue weighted by molar-refractivity contribution is 0.00462. The van der Waals surface area contributed by atoms with Gasteiger partial charge in [-0.3, -0.25) is 0 Å². The van der Waals surface area contributed by atoms with Crippen LogP contribution >= 0.6 is 0 Å². The minimum atomic E-state index is -0.827. The van der Waals surface area contributed by atoms with Crippen LogP contribution < -0.4 is 0 Å². The van der Waals surface area contributed by atoms with Crippen molar-refractivity contribution in [3.05, 3.63) is 0 Å². The van der Waals surface area contributed by atoms with Crippen LogP contribution in [-0.2, 0) is 4.74 Å². The van der Waals surface area contributed by atoms with E-state index in [4.69, 9.17) is 10.00 Å². The van der Waals surface area contributed by atoms with E-state index in [1.54, 1.807) is 14.0 Å². The van der Waals surface area contributed by atoms with E-state index in [0.29, 0.717) is 12.3 Å². The molecule has 0 aromatic heterocycles. The van der Waals surface area contributed by atoms with E-state index in [1.165, 1.54) is 0 Å². The van der Waals surface area contributed by atoms with Crippen LogP contribution in [0.25, 0.3) is 0 Å². The fourth-order valence-corrected chi connectivity index (χ4v) is 2.02. The van der Waals surface area contributed by atoms with E-state index in [1.807, 2.05) is 41.5 Å². The molecule has 138 valence electrons. The molecule has 0 aromatic rings. The first-order valence-corrected chi connectivity index (χ1v) is 8.50. The Morgan fingerprint density at radius 2 is 1.46 bits per heavy atom. The smallest absolute Gasteiger partial charge is 0.167 e. The summed E-state index contributed by atoms with van der Waals surface area (Å²) in [5, 5.41) is 25.8. The van der Waals surface area contributed by atoms with Gasteiger partial charge in [0.05, 0.1) is 23.3 Å². The number of nitrogens with zero attached hydrogens (tertiary/aromatic N) is 4. The number of azo groups is 1. The van der Waals surface area contributed by atoms with Crippen LogP contribution in [0, 0.1) is 34.5 Å². The monoisotopic (exact) mass is 336 g/mol. The maximum absolute atomic E-state index is 9.18. The molecule has 0 saturated heterocycles. The zero-order chi connectivity index (χ0) is 19.6. The second-order valence-corrected chi connectivity index (χ2v) is 8.56. The van der Waals surface area contributed by atoms with Crippen LogP contribution in [0.1, 0.15) is 75.2 Å². The predicted molar refractivity (Wildman–Crippen MR) is 98.6 cm³/mol. The molecule has 0 N–H and O–H groups in total. The van der Waals surface area contributed by atoms with Gasteiger partial charge in [0.15, 0.2) is 5.54 Å².